The molecule has 2 rings (SSSR count). The van der Waals surface area contributed by atoms with Crippen LogP contribution in [0.3, 0.4) is 0 Å². The first-order valence-electron chi connectivity index (χ1n) is 6.33. The van der Waals surface area contributed by atoms with Crippen molar-refractivity contribution in [2.75, 3.05) is 26.0 Å². The molecular weight excluding hydrogens is 256 g/mol. The minimum Gasteiger partial charge on any atom is -0.368 e. The second kappa shape index (κ2) is 6.14. The summed E-state index contributed by atoms with van der Waals surface area (Å²) in [6, 6.07) is 3.42. The zero-order valence-electron chi connectivity index (χ0n) is 11.9. The second-order valence-corrected chi connectivity index (χ2v) is 4.63. The Morgan fingerprint density at radius 1 is 1.35 bits per heavy atom. The van der Waals surface area contributed by atoms with Crippen LogP contribution in [-0.2, 0) is 13.5 Å². The topological polar surface area (TPSA) is 75.9 Å². The summed E-state index contributed by atoms with van der Waals surface area (Å²) in [5.41, 5.74) is 0.338. The van der Waals surface area contributed by atoms with E-state index in [2.05, 4.69) is 20.5 Å². The van der Waals surface area contributed by atoms with E-state index in [-0.39, 0.29) is 5.91 Å². The summed E-state index contributed by atoms with van der Waals surface area (Å²) in [4.78, 5) is 17.4. The molecule has 0 saturated carbocycles. The molecule has 2 aromatic heterocycles. The van der Waals surface area contributed by atoms with E-state index in [1.165, 1.54) is 4.90 Å². The van der Waals surface area contributed by atoms with Crippen LogP contribution in [0.5, 0.6) is 0 Å². The number of aromatic nitrogens is 4. The highest BCUT2D eigenvalue weighted by Crippen LogP contribution is 2.04. The van der Waals surface area contributed by atoms with Crippen LogP contribution in [0.15, 0.2) is 24.5 Å². The minimum absolute atomic E-state index is 0.155. The Morgan fingerprint density at radius 2 is 2.15 bits per heavy atom. The number of carbonyl (C=O) groups is 1. The number of rotatable bonds is 5. The molecule has 20 heavy (non-hydrogen) atoms. The zero-order valence-corrected chi connectivity index (χ0v) is 11.9. The molecule has 0 aliphatic rings. The van der Waals surface area contributed by atoms with E-state index < -0.39 is 0 Å². The van der Waals surface area contributed by atoms with Crippen molar-refractivity contribution in [3.05, 3.63) is 36.0 Å². The van der Waals surface area contributed by atoms with Crippen LogP contribution in [0, 0.1) is 0 Å². The summed E-state index contributed by atoms with van der Waals surface area (Å²) < 4.78 is 1.98. The highest BCUT2D eigenvalue weighted by atomic mass is 16.2. The molecule has 0 aliphatic carbocycles. The molecule has 1 N–H and O–H groups in total. The van der Waals surface area contributed by atoms with Crippen LogP contribution in [-0.4, -0.2) is 51.2 Å². The van der Waals surface area contributed by atoms with Gasteiger partial charge >= 0.3 is 0 Å². The number of carbonyl (C=O) groups excluding carboxylic acids is 1. The van der Waals surface area contributed by atoms with E-state index in [9.17, 15) is 4.79 Å². The van der Waals surface area contributed by atoms with Gasteiger partial charge in [0.15, 0.2) is 5.69 Å². The Bertz CT molecular complexity index is 575. The molecular formula is C13H18N6O. The summed E-state index contributed by atoms with van der Waals surface area (Å²) in [6.45, 7) is 0.709. The third-order valence-corrected chi connectivity index (χ3v) is 2.87. The molecule has 0 atom stereocenters. The first-order valence-corrected chi connectivity index (χ1v) is 6.33. The molecule has 106 valence electrons. The normalized spacial score (nSPS) is 10.3. The van der Waals surface area contributed by atoms with Gasteiger partial charge in [0, 0.05) is 46.5 Å². The van der Waals surface area contributed by atoms with E-state index in [0.717, 1.165) is 12.2 Å². The predicted octanol–water partition coefficient (Wildman–Crippen LogP) is 0.566. The molecule has 0 unspecified atom stereocenters. The number of aryl methyl sites for hydroxylation is 1. The maximum atomic E-state index is 11.7. The predicted molar refractivity (Wildman–Crippen MR) is 75.5 cm³/mol. The molecule has 0 aromatic carbocycles. The van der Waals surface area contributed by atoms with Crippen molar-refractivity contribution in [3.63, 3.8) is 0 Å². The third kappa shape index (κ3) is 3.31. The smallest absolute Gasteiger partial charge is 0.273 e. The Kier molecular flexibility index (Phi) is 4.29. The van der Waals surface area contributed by atoms with Gasteiger partial charge in [-0.3, -0.25) is 4.79 Å². The van der Waals surface area contributed by atoms with E-state index in [4.69, 9.17) is 0 Å². The largest absolute Gasteiger partial charge is 0.368 e. The van der Waals surface area contributed by atoms with Crippen molar-refractivity contribution in [1.29, 1.82) is 0 Å². The monoisotopic (exact) mass is 274 g/mol. The summed E-state index contributed by atoms with van der Waals surface area (Å²) in [5, 5.41) is 11.0. The van der Waals surface area contributed by atoms with Gasteiger partial charge in [0.25, 0.3) is 5.91 Å². The zero-order chi connectivity index (χ0) is 14.5. The van der Waals surface area contributed by atoms with Crippen molar-refractivity contribution in [3.8, 4) is 0 Å². The quantitative estimate of drug-likeness (QED) is 0.862. The van der Waals surface area contributed by atoms with E-state index >= 15 is 0 Å². The molecule has 2 heterocycles. The lowest BCUT2D eigenvalue weighted by molar-refractivity contribution is 0.0821. The van der Waals surface area contributed by atoms with Crippen molar-refractivity contribution in [2.45, 2.75) is 6.42 Å². The van der Waals surface area contributed by atoms with Gasteiger partial charge in [-0.2, -0.15) is 0 Å². The Morgan fingerprint density at radius 3 is 2.70 bits per heavy atom. The molecule has 0 aliphatic heterocycles. The van der Waals surface area contributed by atoms with E-state index in [1.807, 2.05) is 17.8 Å². The third-order valence-electron chi connectivity index (χ3n) is 2.87. The van der Waals surface area contributed by atoms with E-state index in [1.54, 1.807) is 32.4 Å². The number of hydrogen-bond donors (Lipinski definition) is 1. The molecule has 0 fully saturated rings. The number of imidazole rings is 1. The van der Waals surface area contributed by atoms with Crippen molar-refractivity contribution >= 4 is 11.7 Å². The Balaban J connectivity index is 1.88. The summed E-state index contributed by atoms with van der Waals surface area (Å²) >= 11 is 0. The first-order chi connectivity index (χ1) is 9.58. The van der Waals surface area contributed by atoms with Crippen LogP contribution in [0.4, 0.5) is 5.82 Å². The van der Waals surface area contributed by atoms with Gasteiger partial charge in [0.2, 0.25) is 0 Å². The standard InChI is InChI=1S/C13H18N6O/c1-18(2)13(20)10-4-5-11(17-16-10)14-7-6-12-15-8-9-19(12)3/h4-5,8-9H,6-7H2,1-3H3,(H,14,17). The number of nitrogens with one attached hydrogen (secondary N) is 1. The molecule has 7 nitrogen and oxygen atoms in total. The van der Waals surface area contributed by atoms with Crippen LogP contribution in [0.2, 0.25) is 0 Å². The molecule has 0 bridgehead atoms. The second-order valence-electron chi connectivity index (χ2n) is 4.63. The lowest BCUT2D eigenvalue weighted by Crippen LogP contribution is -2.23. The average molecular weight is 274 g/mol. The van der Waals surface area contributed by atoms with Gasteiger partial charge in [-0.25, -0.2) is 4.98 Å². The number of hydrogen-bond acceptors (Lipinski definition) is 5. The molecule has 0 saturated heterocycles. The fourth-order valence-electron chi connectivity index (χ4n) is 1.71. The van der Waals surface area contributed by atoms with Crippen molar-refractivity contribution in [2.24, 2.45) is 7.05 Å². The van der Waals surface area contributed by atoms with Crippen molar-refractivity contribution in [1.82, 2.24) is 24.6 Å². The summed E-state index contributed by atoms with van der Waals surface area (Å²) in [6.07, 6.45) is 4.48. The van der Waals surface area contributed by atoms with Crippen LogP contribution >= 0.6 is 0 Å². The van der Waals surface area contributed by atoms with Gasteiger partial charge in [-0.05, 0) is 12.1 Å². The fraction of sp³-hybridized carbons (Fsp3) is 0.385. The number of amides is 1. The van der Waals surface area contributed by atoms with E-state index in [0.29, 0.717) is 18.1 Å². The van der Waals surface area contributed by atoms with Gasteiger partial charge < -0.3 is 14.8 Å². The maximum absolute atomic E-state index is 11.7. The van der Waals surface area contributed by atoms with Crippen LogP contribution < -0.4 is 5.32 Å². The van der Waals surface area contributed by atoms with Gasteiger partial charge in [-0.15, -0.1) is 10.2 Å². The van der Waals surface area contributed by atoms with Crippen LogP contribution in [0.25, 0.3) is 0 Å². The van der Waals surface area contributed by atoms with Gasteiger partial charge in [0.05, 0.1) is 0 Å². The average Bonchev–Trinajstić information content (AvgIpc) is 2.84. The molecule has 2 aromatic rings. The SMILES string of the molecule is CN(C)C(=O)c1ccc(NCCc2nccn2C)nn1. The lowest BCUT2D eigenvalue weighted by atomic mass is 10.3. The molecule has 0 spiro atoms. The highest BCUT2D eigenvalue weighted by molar-refractivity contribution is 5.91. The Labute approximate surface area is 117 Å². The maximum Gasteiger partial charge on any atom is 0.273 e. The van der Waals surface area contributed by atoms with Crippen molar-refractivity contribution < 1.29 is 4.79 Å². The van der Waals surface area contributed by atoms with Gasteiger partial charge in [-0.1, -0.05) is 0 Å². The molecule has 0 radical (unpaired) electrons. The first kappa shape index (κ1) is 14.0. The molecule has 7 heteroatoms. The fourth-order valence-corrected chi connectivity index (χ4v) is 1.71. The number of anilines is 1. The number of nitrogens with zero attached hydrogens (tertiary/aromatic N) is 5. The Hall–Kier alpha value is -2.44. The molecule has 1 amide bonds. The lowest BCUT2D eigenvalue weighted by Gasteiger charge is -2.09. The highest BCUT2D eigenvalue weighted by Gasteiger charge is 2.09. The minimum atomic E-state index is -0.155. The summed E-state index contributed by atoms with van der Waals surface area (Å²) in [5.74, 6) is 1.50. The van der Waals surface area contributed by atoms with Gasteiger partial charge in [0.1, 0.15) is 11.6 Å². The van der Waals surface area contributed by atoms with Crippen LogP contribution in [0.1, 0.15) is 16.3 Å². The summed E-state index contributed by atoms with van der Waals surface area (Å²) in [7, 11) is 5.33.